The molecule has 1 saturated heterocycles. The van der Waals surface area contributed by atoms with Crippen molar-refractivity contribution < 1.29 is 4.79 Å². The summed E-state index contributed by atoms with van der Waals surface area (Å²) in [4.78, 5) is 14.4. The van der Waals surface area contributed by atoms with Gasteiger partial charge in [0.1, 0.15) is 0 Å². The molecule has 2 atom stereocenters. The number of nitrogens with zero attached hydrogens (tertiary/aromatic N) is 1. The highest BCUT2D eigenvalue weighted by molar-refractivity contribution is 5.84. The van der Waals surface area contributed by atoms with E-state index >= 15 is 0 Å². The van der Waals surface area contributed by atoms with E-state index in [4.69, 9.17) is 5.73 Å². The average molecular weight is 281 g/mol. The summed E-state index contributed by atoms with van der Waals surface area (Å²) >= 11 is 0. The zero-order valence-electron chi connectivity index (χ0n) is 13.2. The molecule has 0 radical (unpaired) electrons. The van der Waals surface area contributed by atoms with Gasteiger partial charge in [-0.3, -0.25) is 4.79 Å². The Kier molecular flexibility index (Phi) is 5.44. The van der Waals surface area contributed by atoms with E-state index in [2.05, 4.69) is 17.1 Å². The number of rotatable bonds is 7. The van der Waals surface area contributed by atoms with Crippen LogP contribution in [-0.4, -0.2) is 41.5 Å². The first-order valence-electron chi connectivity index (χ1n) is 8.37. The monoisotopic (exact) mass is 281 g/mol. The maximum atomic E-state index is 11.8. The van der Waals surface area contributed by atoms with Crippen molar-refractivity contribution in [3.63, 3.8) is 0 Å². The molecule has 2 aliphatic rings. The summed E-state index contributed by atoms with van der Waals surface area (Å²) < 4.78 is 0. The Morgan fingerprint density at radius 3 is 2.65 bits per heavy atom. The lowest BCUT2D eigenvalue weighted by Gasteiger charge is -2.34. The van der Waals surface area contributed by atoms with E-state index in [-0.39, 0.29) is 5.91 Å². The van der Waals surface area contributed by atoms with Gasteiger partial charge in [0, 0.05) is 18.6 Å². The fraction of sp³-hybridized carbons (Fsp3) is 0.938. The van der Waals surface area contributed by atoms with Crippen molar-refractivity contribution in [3.8, 4) is 0 Å². The molecule has 1 heterocycles. The SMILES string of the molecule is CCC1CCCCCN1CCC(C)(NC1CC1)C(N)=O. The summed E-state index contributed by atoms with van der Waals surface area (Å²) in [6.45, 7) is 6.42. The largest absolute Gasteiger partial charge is 0.368 e. The number of primary amides is 1. The van der Waals surface area contributed by atoms with Crippen LogP contribution in [0.5, 0.6) is 0 Å². The number of carbonyl (C=O) groups excluding carboxylic acids is 1. The molecule has 1 amide bonds. The van der Waals surface area contributed by atoms with Crippen LogP contribution in [0.1, 0.15) is 65.2 Å². The molecule has 4 heteroatoms. The second-order valence-corrected chi connectivity index (χ2v) is 6.81. The molecular weight excluding hydrogens is 250 g/mol. The predicted molar refractivity (Wildman–Crippen MR) is 82.5 cm³/mol. The van der Waals surface area contributed by atoms with Gasteiger partial charge >= 0.3 is 0 Å². The van der Waals surface area contributed by atoms with Crippen LogP contribution < -0.4 is 11.1 Å². The summed E-state index contributed by atoms with van der Waals surface area (Å²) in [7, 11) is 0. The van der Waals surface area contributed by atoms with E-state index < -0.39 is 5.54 Å². The van der Waals surface area contributed by atoms with E-state index in [1.165, 1.54) is 51.5 Å². The topological polar surface area (TPSA) is 58.4 Å². The van der Waals surface area contributed by atoms with E-state index in [0.717, 1.165) is 13.0 Å². The molecule has 116 valence electrons. The van der Waals surface area contributed by atoms with Crippen molar-refractivity contribution >= 4 is 5.91 Å². The van der Waals surface area contributed by atoms with Crippen LogP contribution in [0.25, 0.3) is 0 Å². The van der Waals surface area contributed by atoms with Gasteiger partial charge < -0.3 is 16.0 Å². The third-order valence-electron chi connectivity index (χ3n) is 5.01. The van der Waals surface area contributed by atoms with Gasteiger partial charge in [-0.2, -0.15) is 0 Å². The number of amides is 1. The molecule has 3 N–H and O–H groups in total. The van der Waals surface area contributed by atoms with Crippen LogP contribution in [-0.2, 0) is 4.79 Å². The fourth-order valence-corrected chi connectivity index (χ4v) is 3.31. The van der Waals surface area contributed by atoms with E-state index in [9.17, 15) is 4.79 Å². The lowest BCUT2D eigenvalue weighted by Crippen LogP contribution is -2.55. The van der Waals surface area contributed by atoms with Crippen molar-refractivity contribution in [2.75, 3.05) is 13.1 Å². The Balaban J connectivity index is 1.90. The van der Waals surface area contributed by atoms with Crippen molar-refractivity contribution in [1.29, 1.82) is 0 Å². The molecule has 2 rings (SSSR count). The minimum Gasteiger partial charge on any atom is -0.368 e. The van der Waals surface area contributed by atoms with Crippen molar-refractivity contribution in [2.24, 2.45) is 5.73 Å². The Bertz CT molecular complexity index is 330. The number of carbonyl (C=O) groups is 1. The van der Waals surface area contributed by atoms with Crippen LogP contribution in [0.3, 0.4) is 0 Å². The maximum absolute atomic E-state index is 11.8. The Labute approximate surface area is 123 Å². The summed E-state index contributed by atoms with van der Waals surface area (Å²) in [6, 6.07) is 1.20. The molecule has 0 aromatic heterocycles. The smallest absolute Gasteiger partial charge is 0.237 e. The van der Waals surface area contributed by atoms with Gasteiger partial charge in [0.25, 0.3) is 0 Å². The van der Waals surface area contributed by atoms with Gasteiger partial charge in [-0.25, -0.2) is 0 Å². The number of nitrogens with two attached hydrogens (primary N) is 1. The van der Waals surface area contributed by atoms with E-state index in [1.54, 1.807) is 0 Å². The third kappa shape index (κ3) is 4.19. The van der Waals surface area contributed by atoms with Crippen LogP contribution >= 0.6 is 0 Å². The standard InChI is InChI=1S/C16H31N3O/c1-3-14-7-5-4-6-11-19(14)12-10-16(2,15(17)20)18-13-8-9-13/h13-14,18H,3-12H2,1-2H3,(H2,17,20). The lowest BCUT2D eigenvalue weighted by molar-refractivity contribution is -0.124. The van der Waals surface area contributed by atoms with Crippen LogP contribution in [0.2, 0.25) is 0 Å². The van der Waals surface area contributed by atoms with Crippen LogP contribution in [0.4, 0.5) is 0 Å². The third-order valence-corrected chi connectivity index (χ3v) is 5.01. The lowest BCUT2D eigenvalue weighted by atomic mass is 9.95. The maximum Gasteiger partial charge on any atom is 0.237 e. The first-order valence-corrected chi connectivity index (χ1v) is 8.37. The van der Waals surface area contributed by atoms with Crippen LogP contribution in [0, 0.1) is 0 Å². The summed E-state index contributed by atoms with van der Waals surface area (Å²) in [5.41, 5.74) is 5.10. The molecule has 20 heavy (non-hydrogen) atoms. The highest BCUT2D eigenvalue weighted by Gasteiger charge is 2.37. The predicted octanol–water partition coefficient (Wildman–Crippen LogP) is 2.03. The number of hydrogen-bond acceptors (Lipinski definition) is 3. The second kappa shape index (κ2) is 6.90. The van der Waals surface area contributed by atoms with Gasteiger partial charge in [-0.1, -0.05) is 19.8 Å². The van der Waals surface area contributed by atoms with Gasteiger partial charge in [-0.15, -0.1) is 0 Å². The summed E-state index contributed by atoms with van der Waals surface area (Å²) in [5.74, 6) is -0.202. The molecule has 2 fully saturated rings. The van der Waals surface area contributed by atoms with Gasteiger partial charge in [0.2, 0.25) is 5.91 Å². The molecular formula is C16H31N3O. The highest BCUT2D eigenvalue weighted by Crippen LogP contribution is 2.25. The van der Waals surface area contributed by atoms with E-state index in [1.807, 2.05) is 6.92 Å². The number of nitrogens with one attached hydrogen (secondary N) is 1. The van der Waals surface area contributed by atoms with Crippen molar-refractivity contribution in [3.05, 3.63) is 0 Å². The van der Waals surface area contributed by atoms with Crippen LogP contribution in [0.15, 0.2) is 0 Å². The molecule has 0 aromatic rings. The van der Waals surface area contributed by atoms with Crippen molar-refractivity contribution in [1.82, 2.24) is 10.2 Å². The molecule has 4 nitrogen and oxygen atoms in total. The second-order valence-electron chi connectivity index (χ2n) is 6.81. The van der Waals surface area contributed by atoms with E-state index in [0.29, 0.717) is 12.1 Å². The van der Waals surface area contributed by atoms with Gasteiger partial charge in [0.05, 0.1) is 5.54 Å². The summed E-state index contributed by atoms with van der Waals surface area (Å²) in [5, 5.41) is 3.45. The normalized spacial score (nSPS) is 27.8. The number of hydrogen-bond donors (Lipinski definition) is 2. The molecule has 0 bridgehead atoms. The Morgan fingerprint density at radius 1 is 1.30 bits per heavy atom. The Hall–Kier alpha value is -0.610. The molecule has 0 spiro atoms. The molecule has 1 aliphatic heterocycles. The first kappa shape index (κ1) is 15.8. The van der Waals surface area contributed by atoms with Gasteiger partial charge in [0.15, 0.2) is 0 Å². The average Bonchev–Trinajstić information content (AvgIpc) is 3.22. The fourth-order valence-electron chi connectivity index (χ4n) is 3.31. The van der Waals surface area contributed by atoms with Gasteiger partial charge in [-0.05, 0) is 52.0 Å². The zero-order chi connectivity index (χ0) is 14.6. The minimum atomic E-state index is -0.536. The molecule has 0 aromatic carbocycles. The molecule has 1 aliphatic carbocycles. The first-order chi connectivity index (χ1) is 9.55. The van der Waals surface area contributed by atoms with Crippen molar-refractivity contribution in [2.45, 2.75) is 82.8 Å². The summed E-state index contributed by atoms with van der Waals surface area (Å²) in [6.07, 6.45) is 9.70. The Morgan fingerprint density at radius 2 is 2.05 bits per heavy atom. The highest BCUT2D eigenvalue weighted by atomic mass is 16.1. The molecule has 2 unspecified atom stereocenters. The quantitative estimate of drug-likeness (QED) is 0.750. The molecule has 1 saturated carbocycles. The minimum absolute atomic E-state index is 0.202. The zero-order valence-corrected chi connectivity index (χ0v) is 13.2. The number of likely N-dealkylation sites (tertiary alicyclic amines) is 1.